The van der Waals surface area contributed by atoms with E-state index in [9.17, 15) is 0 Å². The second-order valence-electron chi connectivity index (χ2n) is 2.12. The third kappa shape index (κ3) is 1.06. The second kappa shape index (κ2) is 2.55. The van der Waals surface area contributed by atoms with Gasteiger partial charge in [0.1, 0.15) is 0 Å². The minimum atomic E-state index is 0.697. The molecule has 0 saturated heterocycles. The molecular formula is C6H8LiN. The summed E-state index contributed by atoms with van der Waals surface area (Å²) in [7, 11) is 0. The summed E-state index contributed by atoms with van der Waals surface area (Å²) in [6.07, 6.45) is 5.36. The second-order valence-corrected chi connectivity index (χ2v) is 2.12. The van der Waals surface area contributed by atoms with Crippen molar-refractivity contribution in [3.05, 3.63) is 22.0 Å². The summed E-state index contributed by atoms with van der Waals surface area (Å²) in [5, 5.41) is 0. The molecule has 1 aliphatic carbocycles. The summed E-state index contributed by atoms with van der Waals surface area (Å²) in [6.45, 7) is 0.697. The van der Waals surface area contributed by atoms with E-state index in [4.69, 9.17) is 5.73 Å². The Morgan fingerprint density at radius 2 is 2.50 bits per heavy atom. The fraction of sp³-hybridized carbons (Fsp3) is 0.333. The van der Waals surface area contributed by atoms with Crippen LogP contribution in [0.5, 0.6) is 0 Å². The molecule has 0 atom stereocenters. The Labute approximate surface area is 58.8 Å². The predicted octanol–water partition coefficient (Wildman–Crippen LogP) is 0.328. The third-order valence-corrected chi connectivity index (χ3v) is 1.51. The molecule has 0 unspecified atom stereocenters. The molecule has 2 N–H and O–H groups in total. The van der Waals surface area contributed by atoms with Crippen LogP contribution >= 0.6 is 0 Å². The Morgan fingerprint density at radius 3 is 2.75 bits per heavy atom. The zero-order valence-electron chi connectivity index (χ0n) is 5.15. The summed E-state index contributed by atoms with van der Waals surface area (Å²) in [5.41, 5.74) is 6.73. The zero-order valence-corrected chi connectivity index (χ0v) is 5.15. The number of nitrogens with two attached hydrogens (primary N) is 1. The van der Waals surface area contributed by atoms with Crippen molar-refractivity contribution in [3.8, 4) is 0 Å². The van der Waals surface area contributed by atoms with Crippen molar-refractivity contribution >= 4 is 17.7 Å². The molecule has 0 fully saturated rings. The van der Waals surface area contributed by atoms with Gasteiger partial charge in [0.15, 0.2) is 0 Å². The van der Waals surface area contributed by atoms with Gasteiger partial charge >= 0.3 is 58.4 Å². The van der Waals surface area contributed by atoms with Crippen molar-refractivity contribution in [1.29, 1.82) is 0 Å². The fourth-order valence-electron chi connectivity index (χ4n) is 0.894. The van der Waals surface area contributed by atoms with Crippen molar-refractivity contribution in [3.63, 3.8) is 0 Å². The van der Waals surface area contributed by atoms with Crippen molar-refractivity contribution in [2.24, 2.45) is 5.73 Å². The summed E-state index contributed by atoms with van der Waals surface area (Å²) >= 11 is 2.13. The number of rotatable bonds is 1. The van der Waals surface area contributed by atoms with Gasteiger partial charge < -0.3 is 0 Å². The summed E-state index contributed by atoms with van der Waals surface area (Å²) in [6, 6.07) is 0. The van der Waals surface area contributed by atoms with Crippen LogP contribution < -0.4 is 5.73 Å². The normalized spacial score (nSPS) is 18.4. The van der Waals surface area contributed by atoms with Crippen molar-refractivity contribution in [1.82, 2.24) is 0 Å². The van der Waals surface area contributed by atoms with Crippen LogP contribution in [-0.4, -0.2) is 24.3 Å². The molecule has 0 amide bonds. The molecule has 0 saturated carbocycles. The molecule has 0 heterocycles. The van der Waals surface area contributed by atoms with Gasteiger partial charge in [-0.3, -0.25) is 0 Å². The van der Waals surface area contributed by atoms with E-state index in [-0.39, 0.29) is 0 Å². The van der Waals surface area contributed by atoms with Crippen molar-refractivity contribution in [2.45, 2.75) is 6.42 Å². The topological polar surface area (TPSA) is 26.0 Å². The average molecular weight is 101 g/mol. The van der Waals surface area contributed by atoms with Crippen LogP contribution in [0, 0.1) is 0 Å². The van der Waals surface area contributed by atoms with E-state index >= 15 is 0 Å². The van der Waals surface area contributed by atoms with E-state index < -0.39 is 0 Å². The number of hydrogen-bond acceptors (Lipinski definition) is 1. The molecule has 0 spiro atoms. The molecular weight excluding hydrogens is 93.0 g/mol. The van der Waals surface area contributed by atoms with E-state index in [1.165, 1.54) is 9.82 Å². The van der Waals surface area contributed by atoms with E-state index in [0.717, 1.165) is 6.42 Å². The van der Waals surface area contributed by atoms with Gasteiger partial charge in [0.2, 0.25) is 0 Å². The SMILES string of the molecule is [Li][C]1=C(CN)C=CC1. The maximum atomic E-state index is 5.42. The number of hydrogen-bond donors (Lipinski definition) is 1. The van der Waals surface area contributed by atoms with Crippen LogP contribution in [0.3, 0.4) is 0 Å². The molecule has 0 radical (unpaired) electrons. The molecule has 1 rings (SSSR count). The Hall–Kier alpha value is 0.0374. The van der Waals surface area contributed by atoms with Gasteiger partial charge in [-0.2, -0.15) is 0 Å². The first-order valence-electron chi connectivity index (χ1n) is 2.90. The van der Waals surface area contributed by atoms with Gasteiger partial charge in [0.05, 0.1) is 0 Å². The standard InChI is InChI=1S/C6H8N.Li/c7-5-6-3-1-2-4-6;/h1,3H,2,5,7H2;. The Kier molecular flexibility index (Phi) is 1.96. The Balaban J connectivity index is 2.70. The van der Waals surface area contributed by atoms with Crippen LogP contribution in [0.15, 0.2) is 22.0 Å². The molecule has 38 valence electrons. The molecule has 0 aromatic heterocycles. The van der Waals surface area contributed by atoms with E-state index in [1.807, 2.05) is 0 Å². The average Bonchev–Trinajstić information content (AvgIpc) is 2.14. The third-order valence-electron chi connectivity index (χ3n) is 1.51. The molecule has 0 bridgehead atoms. The van der Waals surface area contributed by atoms with Crippen molar-refractivity contribution < 1.29 is 0 Å². The molecule has 1 nitrogen and oxygen atoms in total. The first-order chi connectivity index (χ1) is 3.84. The number of allylic oxidation sites excluding steroid dienone is 2. The van der Waals surface area contributed by atoms with Crippen LogP contribution in [0.25, 0.3) is 0 Å². The molecule has 1 aliphatic rings. The first-order valence-corrected chi connectivity index (χ1v) is 2.90. The molecule has 2 heteroatoms. The van der Waals surface area contributed by atoms with Crippen LogP contribution in [0.2, 0.25) is 0 Å². The monoisotopic (exact) mass is 101 g/mol. The maximum absolute atomic E-state index is 5.42. The summed E-state index contributed by atoms with van der Waals surface area (Å²) < 4.78 is 1.42. The van der Waals surface area contributed by atoms with Gasteiger partial charge in [-0.25, -0.2) is 0 Å². The van der Waals surface area contributed by atoms with Crippen LogP contribution in [0.1, 0.15) is 6.42 Å². The quantitative estimate of drug-likeness (QED) is 0.473. The van der Waals surface area contributed by atoms with E-state index in [2.05, 4.69) is 29.9 Å². The van der Waals surface area contributed by atoms with E-state index in [0.29, 0.717) is 6.54 Å². The van der Waals surface area contributed by atoms with Gasteiger partial charge in [-0.05, 0) is 0 Å². The fourth-order valence-corrected chi connectivity index (χ4v) is 0.894. The van der Waals surface area contributed by atoms with Gasteiger partial charge in [0.25, 0.3) is 0 Å². The van der Waals surface area contributed by atoms with Crippen molar-refractivity contribution in [2.75, 3.05) is 6.54 Å². The van der Waals surface area contributed by atoms with Gasteiger partial charge in [0, 0.05) is 0 Å². The Bertz CT molecular complexity index is 147. The van der Waals surface area contributed by atoms with Crippen LogP contribution in [-0.2, 0) is 0 Å². The summed E-state index contributed by atoms with van der Waals surface area (Å²) in [5.74, 6) is 0. The molecule has 0 aromatic carbocycles. The van der Waals surface area contributed by atoms with Gasteiger partial charge in [-0.1, -0.05) is 0 Å². The summed E-state index contributed by atoms with van der Waals surface area (Å²) in [4.78, 5) is 0. The predicted molar refractivity (Wildman–Crippen MR) is 35.6 cm³/mol. The van der Waals surface area contributed by atoms with Crippen LogP contribution in [0.4, 0.5) is 0 Å². The first kappa shape index (κ1) is 6.16. The van der Waals surface area contributed by atoms with E-state index in [1.54, 1.807) is 0 Å². The molecule has 0 aromatic rings. The minimum absolute atomic E-state index is 0.697. The Morgan fingerprint density at radius 1 is 1.75 bits per heavy atom. The molecule has 0 aliphatic heterocycles. The zero-order chi connectivity index (χ0) is 5.98. The molecule has 8 heavy (non-hydrogen) atoms. The van der Waals surface area contributed by atoms with Gasteiger partial charge in [-0.15, -0.1) is 0 Å².